The Morgan fingerprint density at radius 2 is 1.88 bits per heavy atom. The zero-order valence-electron chi connectivity index (χ0n) is 22.9. The molecule has 41 heavy (non-hydrogen) atoms. The van der Waals surface area contributed by atoms with Gasteiger partial charge in [-0.05, 0) is 57.6 Å². The summed E-state index contributed by atoms with van der Waals surface area (Å²) in [6.45, 7) is 2.35. The van der Waals surface area contributed by atoms with Gasteiger partial charge in [-0.25, -0.2) is 23.4 Å². The summed E-state index contributed by atoms with van der Waals surface area (Å²) in [5, 5.41) is 2.66. The molecular formula is C28H32N6O6S. The maximum Gasteiger partial charge on any atom is 0.236 e. The number of ether oxygens (including phenoxy) is 3. The summed E-state index contributed by atoms with van der Waals surface area (Å²) in [6.07, 6.45) is 8.10. The molecule has 0 spiro atoms. The second-order valence-corrected chi connectivity index (χ2v) is 12.6. The number of nitrogens with one attached hydrogen (secondary N) is 2. The highest BCUT2D eigenvalue weighted by Crippen LogP contribution is 2.46. The van der Waals surface area contributed by atoms with E-state index in [1.807, 2.05) is 13.0 Å². The number of fused-ring (bicyclic) bond motifs is 2. The maximum atomic E-state index is 14.2. The quantitative estimate of drug-likeness (QED) is 0.364. The predicted octanol–water partition coefficient (Wildman–Crippen LogP) is 3.46. The largest absolute Gasteiger partial charge is 0.495 e. The van der Waals surface area contributed by atoms with Crippen molar-refractivity contribution in [1.29, 1.82) is 0 Å². The molecule has 2 aromatic heterocycles. The van der Waals surface area contributed by atoms with E-state index in [0.717, 1.165) is 18.4 Å². The fourth-order valence-corrected chi connectivity index (χ4v) is 6.96. The van der Waals surface area contributed by atoms with Crippen molar-refractivity contribution in [3.8, 4) is 22.9 Å². The summed E-state index contributed by atoms with van der Waals surface area (Å²) in [5.41, 5.74) is 1.24. The van der Waals surface area contributed by atoms with Crippen LogP contribution in [0.4, 0.5) is 11.5 Å². The van der Waals surface area contributed by atoms with Gasteiger partial charge < -0.3 is 19.5 Å². The molecular weight excluding hydrogens is 548 g/mol. The van der Waals surface area contributed by atoms with Gasteiger partial charge in [0.15, 0.2) is 0 Å². The molecule has 3 fully saturated rings. The summed E-state index contributed by atoms with van der Waals surface area (Å²) in [6, 6.07) is 6.95. The molecule has 2 unspecified atom stereocenters. The van der Waals surface area contributed by atoms with Crippen LogP contribution in [0.25, 0.3) is 11.3 Å². The van der Waals surface area contributed by atoms with Gasteiger partial charge >= 0.3 is 0 Å². The number of sulfonamides is 1. The van der Waals surface area contributed by atoms with Crippen LogP contribution in [0, 0.1) is 0 Å². The lowest BCUT2D eigenvalue weighted by Crippen LogP contribution is -2.48. The minimum Gasteiger partial charge on any atom is -0.495 e. The van der Waals surface area contributed by atoms with Gasteiger partial charge in [-0.2, -0.15) is 0 Å². The van der Waals surface area contributed by atoms with Gasteiger partial charge in [-0.1, -0.05) is 6.07 Å². The van der Waals surface area contributed by atoms with Crippen LogP contribution in [-0.2, 0) is 25.0 Å². The van der Waals surface area contributed by atoms with E-state index in [1.165, 1.54) is 13.4 Å². The van der Waals surface area contributed by atoms with Crippen LogP contribution in [0.1, 0.15) is 51.1 Å². The number of benzene rings is 1. The molecule has 12 nitrogen and oxygen atoms in total. The first-order valence-corrected chi connectivity index (χ1v) is 15.3. The first kappa shape index (κ1) is 27.3. The van der Waals surface area contributed by atoms with Gasteiger partial charge in [0.05, 0.1) is 66.1 Å². The highest BCUT2D eigenvalue weighted by Gasteiger charge is 2.52. The van der Waals surface area contributed by atoms with Crippen LogP contribution < -0.4 is 19.5 Å². The highest BCUT2D eigenvalue weighted by atomic mass is 32.2. The van der Waals surface area contributed by atoms with E-state index < -0.39 is 20.7 Å². The Labute approximate surface area is 238 Å². The lowest BCUT2D eigenvalue weighted by molar-refractivity contribution is -0.129. The molecule has 216 valence electrons. The number of methoxy groups -OCH3 is 1. The Morgan fingerprint density at radius 1 is 1.10 bits per heavy atom. The third kappa shape index (κ3) is 5.55. The number of carbonyl (C=O) groups excluding carboxylic acids is 1. The first-order chi connectivity index (χ1) is 19.8. The van der Waals surface area contributed by atoms with E-state index in [1.54, 1.807) is 30.6 Å². The molecule has 1 saturated carbocycles. The van der Waals surface area contributed by atoms with Crippen molar-refractivity contribution in [3.05, 3.63) is 48.7 Å². The summed E-state index contributed by atoms with van der Waals surface area (Å²) >= 11 is 0. The van der Waals surface area contributed by atoms with Crippen molar-refractivity contribution < 1.29 is 27.4 Å². The van der Waals surface area contributed by atoms with E-state index in [2.05, 4.69) is 30.0 Å². The predicted molar refractivity (Wildman–Crippen MR) is 150 cm³/mol. The Balaban J connectivity index is 1.31. The molecule has 2 N–H and O–H groups in total. The summed E-state index contributed by atoms with van der Waals surface area (Å²) in [4.78, 5) is 31.5. The summed E-state index contributed by atoms with van der Waals surface area (Å²) < 4.78 is 44.9. The number of anilines is 2. The van der Waals surface area contributed by atoms with Crippen LogP contribution in [0.2, 0.25) is 0 Å². The Kier molecular flexibility index (Phi) is 7.24. The van der Waals surface area contributed by atoms with E-state index in [4.69, 9.17) is 14.2 Å². The fourth-order valence-electron chi connectivity index (χ4n) is 5.63. The van der Waals surface area contributed by atoms with Gasteiger partial charge in [-0.15, -0.1) is 0 Å². The van der Waals surface area contributed by atoms with Gasteiger partial charge in [-0.3, -0.25) is 14.5 Å². The fraction of sp³-hybridized carbons (Fsp3) is 0.464. The molecule has 6 rings (SSSR count). The zero-order valence-corrected chi connectivity index (χ0v) is 23.7. The molecule has 1 aromatic carbocycles. The molecule has 3 aromatic rings. The second kappa shape index (κ2) is 10.9. The van der Waals surface area contributed by atoms with Crippen LogP contribution >= 0.6 is 0 Å². The molecule has 2 saturated heterocycles. The Morgan fingerprint density at radius 3 is 2.59 bits per heavy atom. The SMILES string of the molecule is CCOc1cncc(-c2ccc(NC(=O)C3(c4cc(NS(=O)(=O)C5CC5)ncn4)CC4CCC(C3)O4)c(OC)c2)n1. The number of rotatable bonds is 10. The minimum absolute atomic E-state index is 0.0958. The normalized spacial score (nSPS) is 23.6. The average Bonchev–Trinajstić information content (AvgIpc) is 3.78. The average molecular weight is 581 g/mol. The Hall–Kier alpha value is -3.84. The molecule has 2 aliphatic heterocycles. The van der Waals surface area contributed by atoms with Gasteiger partial charge in [0.25, 0.3) is 0 Å². The van der Waals surface area contributed by atoms with Crippen LogP contribution in [0.3, 0.4) is 0 Å². The molecule has 4 heterocycles. The zero-order chi connectivity index (χ0) is 28.6. The van der Waals surface area contributed by atoms with Gasteiger partial charge in [0, 0.05) is 11.6 Å². The molecule has 1 amide bonds. The lowest BCUT2D eigenvalue weighted by atomic mass is 9.73. The van der Waals surface area contributed by atoms with E-state index in [9.17, 15) is 13.2 Å². The smallest absolute Gasteiger partial charge is 0.236 e. The maximum absolute atomic E-state index is 14.2. The standard InChI is InChI=1S/C28H32N6O6S/c1-3-39-26-15-29-14-22(32-26)17-4-9-21(23(10-17)38-2)33-27(35)28(12-18-5-6-19(13-28)40-18)24-11-25(31-16-30-24)34-41(36,37)20-7-8-20/h4,9-11,14-16,18-20H,3,5-8,12-13H2,1-2H3,(H,33,35)(H,30,31,34). The first-order valence-electron chi connectivity index (χ1n) is 13.7. The number of hydrogen-bond acceptors (Lipinski definition) is 10. The van der Waals surface area contributed by atoms with Crippen molar-refractivity contribution in [1.82, 2.24) is 19.9 Å². The highest BCUT2D eigenvalue weighted by molar-refractivity contribution is 7.93. The van der Waals surface area contributed by atoms with Crippen LogP contribution in [0.5, 0.6) is 11.6 Å². The summed E-state index contributed by atoms with van der Waals surface area (Å²) in [5.74, 6) is 0.758. The van der Waals surface area contributed by atoms with Gasteiger partial charge in [0.2, 0.25) is 21.8 Å². The number of amides is 1. The monoisotopic (exact) mass is 580 g/mol. The van der Waals surface area contributed by atoms with E-state index in [0.29, 0.717) is 61.0 Å². The van der Waals surface area contributed by atoms with Crippen LogP contribution in [-0.4, -0.2) is 65.4 Å². The van der Waals surface area contributed by atoms with E-state index in [-0.39, 0.29) is 23.9 Å². The van der Waals surface area contributed by atoms with Crippen molar-refractivity contribution in [2.24, 2.45) is 0 Å². The number of nitrogens with zero attached hydrogens (tertiary/aromatic N) is 4. The molecule has 2 bridgehead atoms. The molecule has 1 aliphatic carbocycles. The van der Waals surface area contributed by atoms with Crippen molar-refractivity contribution >= 4 is 27.4 Å². The number of carbonyl (C=O) groups is 1. The third-order valence-electron chi connectivity index (χ3n) is 7.80. The molecule has 2 atom stereocenters. The second-order valence-electron chi connectivity index (χ2n) is 10.6. The number of hydrogen-bond donors (Lipinski definition) is 2. The summed E-state index contributed by atoms with van der Waals surface area (Å²) in [7, 11) is -2.00. The Bertz CT molecular complexity index is 1550. The van der Waals surface area contributed by atoms with E-state index >= 15 is 0 Å². The third-order valence-corrected chi connectivity index (χ3v) is 9.64. The van der Waals surface area contributed by atoms with Crippen molar-refractivity contribution in [2.75, 3.05) is 23.8 Å². The lowest BCUT2D eigenvalue weighted by Gasteiger charge is -2.39. The van der Waals surface area contributed by atoms with Gasteiger partial charge in [0.1, 0.15) is 17.9 Å². The molecule has 0 radical (unpaired) electrons. The van der Waals surface area contributed by atoms with Crippen molar-refractivity contribution in [2.45, 2.75) is 68.3 Å². The molecule has 13 heteroatoms. The van der Waals surface area contributed by atoms with Crippen molar-refractivity contribution in [3.63, 3.8) is 0 Å². The minimum atomic E-state index is -3.53. The van der Waals surface area contributed by atoms with Crippen LogP contribution in [0.15, 0.2) is 43.0 Å². The molecule has 3 aliphatic rings. The topological polar surface area (TPSA) is 155 Å². The number of aromatic nitrogens is 4.